The van der Waals surface area contributed by atoms with Crippen molar-refractivity contribution in [1.82, 2.24) is 4.90 Å². The summed E-state index contributed by atoms with van der Waals surface area (Å²) in [4.78, 5) is 18.8. The maximum Gasteiger partial charge on any atom is 0.283 e. The van der Waals surface area contributed by atoms with Crippen molar-refractivity contribution in [2.24, 2.45) is 4.99 Å². The molecule has 0 radical (unpaired) electrons. The van der Waals surface area contributed by atoms with Crippen LogP contribution in [0, 0.1) is 19.3 Å². The van der Waals surface area contributed by atoms with E-state index in [0.29, 0.717) is 42.1 Å². The molecule has 0 saturated heterocycles. The van der Waals surface area contributed by atoms with Gasteiger partial charge in [-0.25, -0.2) is 0 Å². The molecular formula is C31H29N3O4S. The van der Waals surface area contributed by atoms with Crippen molar-refractivity contribution >= 4 is 40.4 Å². The molecule has 5 rings (SSSR count). The highest BCUT2D eigenvalue weighted by atomic mass is 32.2. The van der Waals surface area contributed by atoms with Crippen LogP contribution in [0.3, 0.4) is 0 Å². The average molecular weight is 540 g/mol. The second-order valence-electron chi connectivity index (χ2n) is 9.01. The number of ether oxygens (including phenoxy) is 3. The summed E-state index contributed by atoms with van der Waals surface area (Å²) < 4.78 is 17.6. The molecule has 0 aromatic heterocycles. The molecule has 0 saturated carbocycles. The maximum atomic E-state index is 12.9. The van der Waals surface area contributed by atoms with Crippen molar-refractivity contribution in [2.75, 3.05) is 19.8 Å². The minimum absolute atomic E-state index is 0.0897. The lowest BCUT2D eigenvalue weighted by molar-refractivity contribution is -0.114. The summed E-state index contributed by atoms with van der Waals surface area (Å²) in [5.74, 6) is 1.59. The molecule has 3 aromatic carbocycles. The van der Waals surface area contributed by atoms with Crippen molar-refractivity contribution in [3.05, 3.63) is 100.0 Å². The first-order valence-corrected chi connectivity index (χ1v) is 13.6. The zero-order valence-corrected chi connectivity index (χ0v) is 22.9. The van der Waals surface area contributed by atoms with Crippen LogP contribution < -0.4 is 14.2 Å². The molecule has 2 heterocycles. The van der Waals surface area contributed by atoms with Crippen molar-refractivity contribution in [2.45, 2.75) is 20.8 Å². The monoisotopic (exact) mass is 539 g/mol. The van der Waals surface area contributed by atoms with Gasteiger partial charge in [0.25, 0.3) is 5.91 Å². The van der Waals surface area contributed by atoms with Crippen molar-refractivity contribution in [3.63, 3.8) is 0 Å². The summed E-state index contributed by atoms with van der Waals surface area (Å²) in [7, 11) is 0. The Morgan fingerprint density at radius 1 is 0.923 bits per heavy atom. The summed E-state index contributed by atoms with van der Waals surface area (Å²) >= 11 is 1.34. The van der Waals surface area contributed by atoms with Crippen LogP contribution in [0.15, 0.2) is 82.7 Å². The zero-order valence-electron chi connectivity index (χ0n) is 22.1. The van der Waals surface area contributed by atoms with E-state index in [4.69, 9.17) is 19.6 Å². The molecule has 1 N–H and O–H groups in total. The number of carbonyl (C=O) groups is 1. The molecule has 0 spiro atoms. The normalized spacial score (nSPS) is 15.7. The molecule has 0 unspecified atom stereocenters. The van der Waals surface area contributed by atoms with Gasteiger partial charge in [-0.1, -0.05) is 54.2 Å². The molecule has 3 aromatic rings. The lowest BCUT2D eigenvalue weighted by Gasteiger charge is -2.27. The SMILES string of the molecule is CCOc1cc(C=C2C(=N)N3C(c4ccccc4)=CSC3=NC2=O)ccc1OCCOc1ccc(C)c(C)c1. The third-order valence-electron chi connectivity index (χ3n) is 6.35. The van der Waals surface area contributed by atoms with Crippen LogP contribution in [0.5, 0.6) is 17.2 Å². The van der Waals surface area contributed by atoms with Gasteiger partial charge in [-0.3, -0.25) is 15.1 Å². The van der Waals surface area contributed by atoms with E-state index < -0.39 is 5.91 Å². The Morgan fingerprint density at radius 3 is 2.49 bits per heavy atom. The molecule has 198 valence electrons. The van der Waals surface area contributed by atoms with Crippen molar-refractivity contribution < 1.29 is 19.0 Å². The average Bonchev–Trinajstić information content (AvgIpc) is 3.36. The lowest BCUT2D eigenvalue weighted by atomic mass is 10.1. The van der Waals surface area contributed by atoms with Gasteiger partial charge in [0, 0.05) is 5.41 Å². The number of hydrogen-bond donors (Lipinski definition) is 1. The number of fused-ring (bicyclic) bond motifs is 1. The van der Waals surface area contributed by atoms with Gasteiger partial charge < -0.3 is 14.2 Å². The molecule has 0 bridgehead atoms. The number of aryl methyl sites for hydroxylation is 2. The standard InChI is InChI=1S/C31H29N3O4S/c1-4-36-28-18-22(11-13-27(28)38-15-14-37-24-12-10-20(2)21(3)16-24)17-25-29(32)34-26(23-8-6-5-7-9-23)19-39-31(34)33-30(25)35/h5-13,16-19,32H,4,14-15H2,1-3H3. The molecule has 8 heteroatoms. The van der Waals surface area contributed by atoms with E-state index in [1.54, 1.807) is 17.0 Å². The van der Waals surface area contributed by atoms with Gasteiger partial charge in [0.1, 0.15) is 24.8 Å². The van der Waals surface area contributed by atoms with Crippen LogP contribution >= 0.6 is 11.8 Å². The molecule has 7 nitrogen and oxygen atoms in total. The van der Waals surface area contributed by atoms with Crippen molar-refractivity contribution in [1.29, 1.82) is 5.41 Å². The van der Waals surface area contributed by atoms with Crippen LogP contribution in [-0.2, 0) is 4.79 Å². The summed E-state index contributed by atoms with van der Waals surface area (Å²) in [6, 6.07) is 21.2. The fraction of sp³-hybridized carbons (Fsp3) is 0.194. The summed E-state index contributed by atoms with van der Waals surface area (Å²) in [5.41, 5.74) is 5.10. The fourth-order valence-electron chi connectivity index (χ4n) is 4.20. The predicted molar refractivity (Wildman–Crippen MR) is 157 cm³/mol. The summed E-state index contributed by atoms with van der Waals surface area (Å²) in [5, 5.41) is 11.3. The summed E-state index contributed by atoms with van der Waals surface area (Å²) in [6.45, 7) is 7.21. The molecule has 0 fully saturated rings. The number of carbonyl (C=O) groups excluding carboxylic acids is 1. The number of aliphatic imine (C=N–C) groups is 1. The molecular weight excluding hydrogens is 510 g/mol. The van der Waals surface area contributed by atoms with Crippen LogP contribution in [0.25, 0.3) is 11.8 Å². The largest absolute Gasteiger partial charge is 0.490 e. The number of amides is 1. The molecule has 39 heavy (non-hydrogen) atoms. The van der Waals surface area contributed by atoms with Crippen LogP contribution in [-0.4, -0.2) is 41.6 Å². The Balaban J connectivity index is 1.31. The third kappa shape index (κ3) is 5.76. The number of amidine groups is 2. The van der Waals surface area contributed by atoms with Gasteiger partial charge >= 0.3 is 0 Å². The predicted octanol–water partition coefficient (Wildman–Crippen LogP) is 6.46. The van der Waals surface area contributed by atoms with E-state index in [2.05, 4.69) is 18.8 Å². The Hall–Kier alpha value is -4.30. The summed E-state index contributed by atoms with van der Waals surface area (Å²) in [6.07, 6.45) is 1.67. The zero-order chi connectivity index (χ0) is 27.4. The quantitative estimate of drug-likeness (QED) is 0.248. The van der Waals surface area contributed by atoms with E-state index in [-0.39, 0.29) is 11.4 Å². The highest BCUT2D eigenvalue weighted by Crippen LogP contribution is 2.38. The van der Waals surface area contributed by atoms with Gasteiger partial charge in [-0.15, -0.1) is 0 Å². The van der Waals surface area contributed by atoms with Crippen LogP contribution in [0.2, 0.25) is 0 Å². The van der Waals surface area contributed by atoms with E-state index in [1.165, 1.54) is 22.9 Å². The number of benzene rings is 3. The second-order valence-corrected chi connectivity index (χ2v) is 9.85. The number of rotatable bonds is 9. The topological polar surface area (TPSA) is 84.2 Å². The van der Waals surface area contributed by atoms with E-state index in [1.807, 2.05) is 73.0 Å². The van der Waals surface area contributed by atoms with Crippen LogP contribution in [0.4, 0.5) is 0 Å². The van der Waals surface area contributed by atoms with Crippen molar-refractivity contribution in [3.8, 4) is 17.2 Å². The first kappa shape index (κ1) is 26.3. The Bertz CT molecular complexity index is 1510. The Labute approximate surface area is 232 Å². The lowest BCUT2D eigenvalue weighted by Crippen LogP contribution is -2.38. The molecule has 1 amide bonds. The third-order valence-corrected chi connectivity index (χ3v) is 7.18. The number of hydrogen-bond acceptors (Lipinski definition) is 6. The van der Waals surface area contributed by atoms with E-state index >= 15 is 0 Å². The Kier molecular flexibility index (Phi) is 7.84. The van der Waals surface area contributed by atoms with Gasteiger partial charge in [0.05, 0.1) is 17.9 Å². The van der Waals surface area contributed by atoms with Gasteiger partial charge in [0.15, 0.2) is 16.7 Å². The van der Waals surface area contributed by atoms with Gasteiger partial charge in [-0.2, -0.15) is 4.99 Å². The molecule has 2 aliphatic heterocycles. The molecule has 0 aliphatic carbocycles. The minimum Gasteiger partial charge on any atom is -0.490 e. The number of nitrogens with zero attached hydrogens (tertiary/aromatic N) is 2. The first-order chi connectivity index (χ1) is 18.9. The first-order valence-electron chi connectivity index (χ1n) is 12.7. The highest BCUT2D eigenvalue weighted by Gasteiger charge is 2.36. The minimum atomic E-state index is -0.441. The number of nitrogens with one attached hydrogen (secondary N) is 1. The molecule has 2 aliphatic rings. The smallest absolute Gasteiger partial charge is 0.283 e. The van der Waals surface area contributed by atoms with E-state index in [0.717, 1.165) is 17.0 Å². The molecule has 0 atom stereocenters. The highest BCUT2D eigenvalue weighted by molar-refractivity contribution is 8.17. The van der Waals surface area contributed by atoms with Crippen LogP contribution in [0.1, 0.15) is 29.2 Å². The van der Waals surface area contributed by atoms with Gasteiger partial charge in [-0.05, 0) is 73.4 Å². The van der Waals surface area contributed by atoms with E-state index in [9.17, 15) is 4.79 Å². The Morgan fingerprint density at radius 2 is 1.72 bits per heavy atom. The second kappa shape index (κ2) is 11.6. The van der Waals surface area contributed by atoms with Gasteiger partial charge in [0.2, 0.25) is 0 Å². The fourth-order valence-corrected chi connectivity index (χ4v) is 5.09. The number of thioether (sulfide) groups is 1. The maximum absolute atomic E-state index is 12.9.